The highest BCUT2D eigenvalue weighted by Gasteiger charge is 2.27. The van der Waals surface area contributed by atoms with Gasteiger partial charge in [0.25, 0.3) is 0 Å². The summed E-state index contributed by atoms with van der Waals surface area (Å²) >= 11 is 0. The number of aliphatic hydroxyl groups is 1. The number of benzene rings is 1. The Bertz CT molecular complexity index is 348. The Hall–Kier alpha value is -1.06. The van der Waals surface area contributed by atoms with Gasteiger partial charge in [-0.15, -0.1) is 0 Å². The lowest BCUT2D eigenvalue weighted by Crippen LogP contribution is -2.37. The van der Waals surface area contributed by atoms with E-state index < -0.39 is 0 Å². The van der Waals surface area contributed by atoms with Gasteiger partial charge in [-0.25, -0.2) is 0 Å². The molecule has 0 spiro atoms. The zero-order chi connectivity index (χ0) is 11.5. The van der Waals surface area contributed by atoms with Gasteiger partial charge in [-0.3, -0.25) is 0 Å². The minimum Gasteiger partial charge on any atom is -0.393 e. The van der Waals surface area contributed by atoms with E-state index in [1.165, 1.54) is 5.69 Å². The molecule has 1 aromatic rings. The molecule has 0 aromatic heterocycles. The van der Waals surface area contributed by atoms with Crippen LogP contribution in [0.1, 0.15) is 18.4 Å². The molecule has 3 heteroatoms. The van der Waals surface area contributed by atoms with Crippen LogP contribution in [0.3, 0.4) is 0 Å². The molecule has 1 aromatic carbocycles. The molecule has 0 heterocycles. The molecule has 3 nitrogen and oxygen atoms in total. The highest BCUT2D eigenvalue weighted by Crippen LogP contribution is 2.29. The van der Waals surface area contributed by atoms with Gasteiger partial charge in [0.15, 0.2) is 0 Å². The van der Waals surface area contributed by atoms with E-state index >= 15 is 0 Å². The molecule has 0 aliphatic heterocycles. The summed E-state index contributed by atoms with van der Waals surface area (Å²) in [6.45, 7) is 1.61. The summed E-state index contributed by atoms with van der Waals surface area (Å²) in [5, 5.41) is 9.25. The van der Waals surface area contributed by atoms with E-state index in [0.29, 0.717) is 12.5 Å². The molecule has 0 atom stereocenters. The lowest BCUT2D eigenvalue weighted by molar-refractivity contribution is 0.0465. The molecule has 1 aliphatic carbocycles. The Labute approximate surface area is 96.9 Å². The Kier molecular flexibility index (Phi) is 3.46. The molecule has 3 N–H and O–H groups in total. The van der Waals surface area contributed by atoms with E-state index in [1.54, 1.807) is 0 Å². The van der Waals surface area contributed by atoms with E-state index in [1.807, 2.05) is 12.1 Å². The summed E-state index contributed by atoms with van der Waals surface area (Å²) in [6.07, 6.45) is 1.83. The van der Waals surface area contributed by atoms with Crippen molar-refractivity contribution < 1.29 is 5.11 Å². The van der Waals surface area contributed by atoms with Crippen molar-refractivity contribution in [1.29, 1.82) is 0 Å². The smallest absolute Gasteiger partial charge is 0.0546 e. The van der Waals surface area contributed by atoms with Crippen molar-refractivity contribution in [3.05, 3.63) is 29.8 Å². The summed E-state index contributed by atoms with van der Waals surface area (Å²) in [7, 11) is 2.10. The third-order valence-corrected chi connectivity index (χ3v) is 3.33. The van der Waals surface area contributed by atoms with Gasteiger partial charge in [0.2, 0.25) is 0 Å². The van der Waals surface area contributed by atoms with E-state index in [4.69, 9.17) is 5.73 Å². The topological polar surface area (TPSA) is 49.5 Å². The fraction of sp³-hybridized carbons (Fsp3) is 0.538. The van der Waals surface area contributed by atoms with Crippen LogP contribution < -0.4 is 10.6 Å². The molecule has 0 saturated heterocycles. The lowest BCUT2D eigenvalue weighted by Gasteiger charge is -2.35. The van der Waals surface area contributed by atoms with Crippen LogP contribution >= 0.6 is 0 Å². The second kappa shape index (κ2) is 4.85. The van der Waals surface area contributed by atoms with E-state index in [0.717, 1.165) is 24.9 Å². The first kappa shape index (κ1) is 11.4. The molecular formula is C13H20N2O. The van der Waals surface area contributed by atoms with Crippen molar-refractivity contribution >= 4 is 5.69 Å². The highest BCUT2D eigenvalue weighted by molar-refractivity contribution is 5.48. The van der Waals surface area contributed by atoms with E-state index in [9.17, 15) is 5.11 Å². The molecular weight excluding hydrogens is 200 g/mol. The number of nitrogens with two attached hydrogens (primary N) is 1. The van der Waals surface area contributed by atoms with Crippen molar-refractivity contribution in [1.82, 2.24) is 0 Å². The zero-order valence-corrected chi connectivity index (χ0v) is 9.76. The van der Waals surface area contributed by atoms with Crippen molar-refractivity contribution in [3.63, 3.8) is 0 Å². The maximum atomic E-state index is 9.25. The molecule has 1 saturated carbocycles. The van der Waals surface area contributed by atoms with Crippen LogP contribution in [-0.4, -0.2) is 24.8 Å². The Morgan fingerprint density at radius 2 is 2.19 bits per heavy atom. The first-order valence-corrected chi connectivity index (χ1v) is 5.87. The van der Waals surface area contributed by atoms with Crippen LogP contribution in [0.2, 0.25) is 0 Å². The van der Waals surface area contributed by atoms with Crippen molar-refractivity contribution in [2.45, 2.75) is 25.5 Å². The van der Waals surface area contributed by atoms with E-state index in [2.05, 4.69) is 24.1 Å². The van der Waals surface area contributed by atoms with Gasteiger partial charge in [0.05, 0.1) is 6.10 Å². The number of aliphatic hydroxyl groups excluding tert-OH is 1. The van der Waals surface area contributed by atoms with Crippen LogP contribution in [0.4, 0.5) is 5.69 Å². The van der Waals surface area contributed by atoms with Crippen LogP contribution in [0, 0.1) is 5.92 Å². The van der Waals surface area contributed by atoms with Crippen molar-refractivity contribution in [2.75, 3.05) is 18.5 Å². The molecule has 1 fully saturated rings. The van der Waals surface area contributed by atoms with Gasteiger partial charge >= 0.3 is 0 Å². The number of hydrogen-bond donors (Lipinski definition) is 2. The predicted octanol–water partition coefficient (Wildman–Crippen LogP) is 1.35. The fourth-order valence-corrected chi connectivity index (χ4v) is 2.26. The first-order chi connectivity index (χ1) is 7.69. The maximum Gasteiger partial charge on any atom is 0.0546 e. The van der Waals surface area contributed by atoms with Gasteiger partial charge in [-0.2, -0.15) is 0 Å². The normalized spacial score (nSPS) is 23.9. The monoisotopic (exact) mass is 220 g/mol. The van der Waals surface area contributed by atoms with Crippen LogP contribution in [0.5, 0.6) is 0 Å². The minimum atomic E-state index is -0.0613. The average Bonchev–Trinajstić information content (AvgIpc) is 2.27. The van der Waals surface area contributed by atoms with Crippen molar-refractivity contribution in [2.24, 2.45) is 11.7 Å². The van der Waals surface area contributed by atoms with Gasteiger partial charge in [-0.05, 0) is 36.5 Å². The number of nitrogens with zero attached hydrogens (tertiary/aromatic N) is 1. The summed E-state index contributed by atoms with van der Waals surface area (Å²) in [4.78, 5) is 2.25. The van der Waals surface area contributed by atoms with Crippen molar-refractivity contribution in [3.8, 4) is 0 Å². The lowest BCUT2D eigenvalue weighted by atomic mass is 9.82. The van der Waals surface area contributed by atoms with Gasteiger partial charge in [-0.1, -0.05) is 12.1 Å². The van der Waals surface area contributed by atoms with Gasteiger partial charge in [0.1, 0.15) is 0 Å². The molecule has 88 valence electrons. The molecule has 16 heavy (non-hydrogen) atoms. The molecule has 0 bridgehead atoms. The second-order valence-corrected chi connectivity index (χ2v) is 4.75. The summed E-state index contributed by atoms with van der Waals surface area (Å²) in [5.74, 6) is 0.640. The van der Waals surface area contributed by atoms with Gasteiger partial charge < -0.3 is 15.7 Å². The van der Waals surface area contributed by atoms with Gasteiger partial charge in [0, 0.05) is 25.8 Å². The summed E-state index contributed by atoms with van der Waals surface area (Å²) in [5.41, 5.74) is 8.00. The minimum absolute atomic E-state index is 0.0613. The molecule has 0 radical (unpaired) electrons. The molecule has 1 aliphatic rings. The maximum absolute atomic E-state index is 9.25. The Balaban J connectivity index is 1.94. The average molecular weight is 220 g/mol. The zero-order valence-electron chi connectivity index (χ0n) is 9.76. The second-order valence-electron chi connectivity index (χ2n) is 4.75. The highest BCUT2D eigenvalue weighted by atomic mass is 16.3. The quantitative estimate of drug-likeness (QED) is 0.805. The molecule has 0 unspecified atom stereocenters. The molecule has 2 rings (SSSR count). The number of anilines is 1. The third-order valence-electron chi connectivity index (χ3n) is 3.33. The van der Waals surface area contributed by atoms with Crippen LogP contribution in [0.25, 0.3) is 0 Å². The number of hydrogen-bond acceptors (Lipinski definition) is 3. The first-order valence-electron chi connectivity index (χ1n) is 5.87. The summed E-state index contributed by atoms with van der Waals surface area (Å²) < 4.78 is 0. The largest absolute Gasteiger partial charge is 0.393 e. The fourth-order valence-electron chi connectivity index (χ4n) is 2.26. The number of rotatable bonds is 4. The van der Waals surface area contributed by atoms with Crippen LogP contribution in [0.15, 0.2) is 24.3 Å². The predicted molar refractivity (Wildman–Crippen MR) is 66.3 cm³/mol. The Morgan fingerprint density at radius 1 is 1.44 bits per heavy atom. The SMILES string of the molecule is CN(CC1CC(O)C1)c1cccc(CN)c1. The third kappa shape index (κ3) is 2.54. The van der Waals surface area contributed by atoms with E-state index in [-0.39, 0.29) is 6.10 Å². The standard InChI is InChI=1S/C13H20N2O/c1-15(9-11-6-13(16)7-11)12-4-2-3-10(5-12)8-14/h2-5,11,13,16H,6-9,14H2,1H3. The summed E-state index contributed by atoms with van der Waals surface area (Å²) in [6, 6.07) is 8.33. The van der Waals surface area contributed by atoms with Crippen LogP contribution in [-0.2, 0) is 6.54 Å². The molecule has 0 amide bonds. The Morgan fingerprint density at radius 3 is 2.81 bits per heavy atom.